The minimum atomic E-state index is 0.221. The number of hydrogen-bond acceptors (Lipinski definition) is 1. The molecule has 2 aliphatic rings. The van der Waals surface area contributed by atoms with Gasteiger partial charge in [-0.2, -0.15) is 0 Å². The van der Waals surface area contributed by atoms with Crippen molar-refractivity contribution in [2.24, 2.45) is 0 Å². The molecule has 4 rings (SSSR count). The lowest BCUT2D eigenvalue weighted by Gasteiger charge is -2.32. The Bertz CT molecular complexity index is 596. The predicted molar refractivity (Wildman–Crippen MR) is 83.2 cm³/mol. The topological polar surface area (TPSA) is 3.24 Å². The predicted octanol–water partition coefficient (Wildman–Crippen LogP) is 3.41. The molecule has 102 valence electrons. The van der Waals surface area contributed by atoms with E-state index < -0.39 is 0 Å². The molecule has 0 bridgehead atoms. The maximum Gasteiger partial charge on any atom is 0.0347 e. The normalized spacial score (nSPS) is 20.4. The van der Waals surface area contributed by atoms with Gasteiger partial charge >= 0.3 is 0 Å². The fourth-order valence-electron chi connectivity index (χ4n) is 4.27. The summed E-state index contributed by atoms with van der Waals surface area (Å²) in [6.07, 6.45) is 3.61. The van der Waals surface area contributed by atoms with Crippen molar-refractivity contribution in [1.29, 1.82) is 0 Å². The molecule has 1 heteroatoms. The molecule has 1 heterocycles. The van der Waals surface area contributed by atoms with Crippen molar-refractivity contribution in [3.05, 3.63) is 70.8 Å². The van der Waals surface area contributed by atoms with Gasteiger partial charge in [0.1, 0.15) is 0 Å². The number of fused-ring (bicyclic) bond motifs is 4. The van der Waals surface area contributed by atoms with Gasteiger partial charge < -0.3 is 4.90 Å². The minimum Gasteiger partial charge on any atom is -0.305 e. The zero-order chi connectivity index (χ0) is 13.6. The smallest absolute Gasteiger partial charge is 0.0347 e. The van der Waals surface area contributed by atoms with E-state index in [1.54, 1.807) is 22.3 Å². The first kappa shape index (κ1) is 12.2. The lowest BCUT2D eigenvalue weighted by molar-refractivity contribution is 0.391. The molecule has 1 saturated heterocycles. The van der Waals surface area contributed by atoms with Gasteiger partial charge in [-0.1, -0.05) is 48.5 Å². The molecule has 1 aliphatic heterocycles. The number of benzene rings is 2. The van der Waals surface area contributed by atoms with Crippen LogP contribution in [-0.4, -0.2) is 25.0 Å². The van der Waals surface area contributed by atoms with E-state index in [0.29, 0.717) is 0 Å². The largest absolute Gasteiger partial charge is 0.305 e. The van der Waals surface area contributed by atoms with Crippen LogP contribution in [0.3, 0.4) is 0 Å². The Hall–Kier alpha value is -1.60. The van der Waals surface area contributed by atoms with Gasteiger partial charge in [0.2, 0.25) is 0 Å². The first-order valence-corrected chi connectivity index (χ1v) is 7.65. The second kappa shape index (κ2) is 4.46. The van der Waals surface area contributed by atoms with E-state index in [0.717, 1.165) is 6.54 Å². The zero-order valence-corrected chi connectivity index (χ0v) is 12.1. The minimum absolute atomic E-state index is 0.221. The van der Waals surface area contributed by atoms with Crippen molar-refractivity contribution >= 4 is 0 Å². The molecule has 1 aliphatic carbocycles. The van der Waals surface area contributed by atoms with Crippen molar-refractivity contribution in [1.82, 2.24) is 4.90 Å². The summed E-state index contributed by atoms with van der Waals surface area (Å²) in [6.45, 7) is 2.35. The van der Waals surface area contributed by atoms with E-state index in [-0.39, 0.29) is 5.41 Å². The third-order valence-corrected chi connectivity index (χ3v) is 5.19. The van der Waals surface area contributed by atoms with Crippen LogP contribution in [-0.2, 0) is 18.3 Å². The molecule has 1 nitrogen and oxygen atoms in total. The Morgan fingerprint density at radius 1 is 0.850 bits per heavy atom. The summed E-state index contributed by atoms with van der Waals surface area (Å²) in [5.41, 5.74) is 6.49. The van der Waals surface area contributed by atoms with Crippen LogP contribution in [0.1, 0.15) is 28.7 Å². The van der Waals surface area contributed by atoms with E-state index in [1.807, 2.05) is 0 Å². The molecule has 20 heavy (non-hydrogen) atoms. The molecule has 0 atom stereocenters. The first-order valence-electron chi connectivity index (χ1n) is 7.65. The van der Waals surface area contributed by atoms with Crippen LogP contribution in [0.25, 0.3) is 0 Å². The average molecular weight is 263 g/mol. The number of aryl methyl sites for hydroxylation is 2. The van der Waals surface area contributed by atoms with Gasteiger partial charge in [0.25, 0.3) is 0 Å². The Morgan fingerprint density at radius 2 is 1.40 bits per heavy atom. The summed E-state index contributed by atoms with van der Waals surface area (Å²) in [5, 5.41) is 0. The third-order valence-electron chi connectivity index (χ3n) is 5.19. The zero-order valence-electron chi connectivity index (χ0n) is 12.1. The third kappa shape index (κ3) is 1.66. The molecular weight excluding hydrogens is 242 g/mol. The Balaban J connectivity index is 2.00. The van der Waals surface area contributed by atoms with Crippen LogP contribution in [0.2, 0.25) is 0 Å². The van der Waals surface area contributed by atoms with Gasteiger partial charge in [-0.25, -0.2) is 0 Å². The van der Waals surface area contributed by atoms with E-state index in [4.69, 9.17) is 0 Å². The second-order valence-electron chi connectivity index (χ2n) is 6.38. The second-order valence-corrected chi connectivity index (χ2v) is 6.38. The molecule has 2 aromatic rings. The highest BCUT2D eigenvalue weighted by atomic mass is 15.1. The summed E-state index contributed by atoms with van der Waals surface area (Å²) in [4.78, 5) is 2.48. The van der Waals surface area contributed by atoms with E-state index in [9.17, 15) is 0 Å². The van der Waals surface area contributed by atoms with E-state index >= 15 is 0 Å². The number of hydrogen-bond donors (Lipinski definition) is 0. The molecule has 2 aromatic carbocycles. The van der Waals surface area contributed by atoms with Crippen molar-refractivity contribution in [3.63, 3.8) is 0 Å². The first-order chi connectivity index (χ1) is 9.79. The molecule has 0 unspecified atom stereocenters. The highest BCUT2D eigenvalue weighted by Crippen LogP contribution is 2.45. The fourth-order valence-corrected chi connectivity index (χ4v) is 4.27. The van der Waals surface area contributed by atoms with Crippen LogP contribution < -0.4 is 0 Å². The Labute approximate surface area is 121 Å². The van der Waals surface area contributed by atoms with Crippen LogP contribution in [0, 0.1) is 0 Å². The molecule has 1 spiro atoms. The van der Waals surface area contributed by atoms with Gasteiger partial charge in [-0.05, 0) is 55.1 Å². The van der Waals surface area contributed by atoms with Gasteiger partial charge in [0, 0.05) is 12.0 Å². The molecular formula is C19H21N. The summed E-state index contributed by atoms with van der Waals surface area (Å²) in [5.74, 6) is 0. The van der Waals surface area contributed by atoms with Crippen molar-refractivity contribution in [2.45, 2.75) is 24.7 Å². The summed E-state index contributed by atoms with van der Waals surface area (Å²) >= 11 is 0. The molecule has 0 saturated carbocycles. The summed E-state index contributed by atoms with van der Waals surface area (Å²) < 4.78 is 0. The molecule has 0 N–H and O–H groups in total. The average Bonchev–Trinajstić information content (AvgIpc) is 2.82. The fraction of sp³-hybridized carbons (Fsp3) is 0.368. The standard InChI is InChI=1S/C19H21N/c1-20-13-12-19(14-20)17-8-4-2-6-15(17)10-11-16-7-3-5-9-18(16)19/h2-9H,10-14H2,1H3. The highest BCUT2D eigenvalue weighted by Gasteiger charge is 2.43. The van der Waals surface area contributed by atoms with Gasteiger partial charge in [-0.15, -0.1) is 0 Å². The van der Waals surface area contributed by atoms with E-state index in [1.165, 1.54) is 25.8 Å². The van der Waals surface area contributed by atoms with Crippen LogP contribution in [0.15, 0.2) is 48.5 Å². The lowest BCUT2D eigenvalue weighted by atomic mass is 9.72. The van der Waals surface area contributed by atoms with E-state index in [2.05, 4.69) is 60.5 Å². The maximum atomic E-state index is 2.48. The van der Waals surface area contributed by atoms with Crippen LogP contribution >= 0.6 is 0 Å². The van der Waals surface area contributed by atoms with Crippen LogP contribution in [0.5, 0.6) is 0 Å². The van der Waals surface area contributed by atoms with Crippen molar-refractivity contribution in [2.75, 3.05) is 20.1 Å². The van der Waals surface area contributed by atoms with Gasteiger partial charge in [0.15, 0.2) is 0 Å². The molecule has 1 fully saturated rings. The van der Waals surface area contributed by atoms with Gasteiger partial charge in [0.05, 0.1) is 0 Å². The SMILES string of the molecule is CN1CCC2(C1)c1ccccc1CCc1ccccc12. The quantitative estimate of drug-likeness (QED) is 0.704. The summed E-state index contributed by atoms with van der Waals surface area (Å²) in [7, 11) is 2.25. The maximum absolute atomic E-state index is 2.48. The molecule has 0 amide bonds. The molecule has 0 aromatic heterocycles. The number of rotatable bonds is 0. The van der Waals surface area contributed by atoms with Crippen LogP contribution in [0.4, 0.5) is 0 Å². The number of likely N-dealkylation sites (N-methyl/N-ethyl adjacent to an activating group) is 1. The Kier molecular flexibility index (Phi) is 2.71. The molecule has 0 radical (unpaired) electrons. The van der Waals surface area contributed by atoms with Gasteiger partial charge in [-0.3, -0.25) is 0 Å². The highest BCUT2D eigenvalue weighted by molar-refractivity contribution is 5.51. The number of nitrogens with zero attached hydrogens (tertiary/aromatic N) is 1. The van der Waals surface area contributed by atoms with Crippen molar-refractivity contribution in [3.8, 4) is 0 Å². The summed E-state index contributed by atoms with van der Waals surface area (Å²) in [6, 6.07) is 18.2. The number of likely N-dealkylation sites (tertiary alicyclic amines) is 1. The lowest BCUT2D eigenvalue weighted by Crippen LogP contribution is -2.32. The van der Waals surface area contributed by atoms with Crippen molar-refractivity contribution < 1.29 is 0 Å². The Morgan fingerprint density at radius 3 is 1.90 bits per heavy atom. The monoisotopic (exact) mass is 263 g/mol.